The Morgan fingerprint density at radius 2 is 2.00 bits per heavy atom. The van der Waals surface area contributed by atoms with Gasteiger partial charge in [0.05, 0.1) is 11.9 Å². The van der Waals surface area contributed by atoms with E-state index in [1.807, 2.05) is 24.4 Å². The molecule has 0 amide bonds. The predicted octanol–water partition coefficient (Wildman–Crippen LogP) is 1.56. The van der Waals surface area contributed by atoms with Crippen LogP contribution < -0.4 is 4.31 Å². The molecule has 2 aromatic rings. The average molecular weight is 224 g/mol. The largest absolute Gasteiger partial charge is 0.361 e. The first kappa shape index (κ1) is 10.0. The Kier molecular flexibility index (Phi) is 2.19. The Morgan fingerprint density at radius 3 is 2.67 bits per heavy atom. The Morgan fingerprint density at radius 1 is 1.27 bits per heavy atom. The standard InChI is InChI=1S/C10H12N2O2S/c1-12(15(2,13)14)9-3-4-10-8(7-9)5-6-11-10/h3-7,11H,1-2H3. The normalized spacial score (nSPS) is 11.9. The molecule has 0 radical (unpaired) electrons. The van der Waals surface area contributed by atoms with Crippen LogP contribution in [0.4, 0.5) is 5.69 Å². The van der Waals surface area contributed by atoms with E-state index in [0.29, 0.717) is 5.69 Å². The fourth-order valence-electron chi connectivity index (χ4n) is 1.43. The maximum Gasteiger partial charge on any atom is 0.231 e. The zero-order valence-corrected chi connectivity index (χ0v) is 9.38. The number of nitrogens with one attached hydrogen (secondary N) is 1. The van der Waals surface area contributed by atoms with E-state index in [4.69, 9.17) is 0 Å². The third-order valence-electron chi connectivity index (χ3n) is 2.40. The molecule has 1 aromatic carbocycles. The molecule has 2 rings (SSSR count). The molecule has 0 spiro atoms. The van der Waals surface area contributed by atoms with Crippen molar-refractivity contribution in [3.8, 4) is 0 Å². The van der Waals surface area contributed by atoms with Crippen LogP contribution in [0.2, 0.25) is 0 Å². The molecular formula is C10H12N2O2S. The molecule has 1 aromatic heterocycles. The number of hydrogen-bond acceptors (Lipinski definition) is 2. The van der Waals surface area contributed by atoms with Crippen molar-refractivity contribution in [2.45, 2.75) is 0 Å². The van der Waals surface area contributed by atoms with E-state index in [-0.39, 0.29) is 0 Å². The van der Waals surface area contributed by atoms with E-state index in [0.717, 1.165) is 10.9 Å². The highest BCUT2D eigenvalue weighted by Gasteiger charge is 2.11. The van der Waals surface area contributed by atoms with Crippen LogP contribution in [0, 0.1) is 0 Å². The van der Waals surface area contributed by atoms with Crippen molar-refractivity contribution in [2.24, 2.45) is 0 Å². The number of sulfonamides is 1. The summed E-state index contributed by atoms with van der Waals surface area (Å²) in [6.45, 7) is 0. The number of anilines is 1. The van der Waals surface area contributed by atoms with Crippen molar-refractivity contribution >= 4 is 26.6 Å². The minimum absolute atomic E-state index is 0.671. The molecule has 0 unspecified atom stereocenters. The summed E-state index contributed by atoms with van der Waals surface area (Å²) in [6, 6.07) is 7.40. The summed E-state index contributed by atoms with van der Waals surface area (Å²) >= 11 is 0. The van der Waals surface area contributed by atoms with Gasteiger partial charge in [-0.3, -0.25) is 4.31 Å². The molecule has 15 heavy (non-hydrogen) atoms. The molecule has 1 heterocycles. The zero-order valence-electron chi connectivity index (χ0n) is 8.56. The van der Waals surface area contributed by atoms with E-state index < -0.39 is 10.0 Å². The molecule has 1 N–H and O–H groups in total. The van der Waals surface area contributed by atoms with Crippen molar-refractivity contribution < 1.29 is 8.42 Å². The van der Waals surface area contributed by atoms with E-state index in [2.05, 4.69) is 4.98 Å². The highest BCUT2D eigenvalue weighted by atomic mass is 32.2. The second-order valence-corrected chi connectivity index (χ2v) is 5.49. The van der Waals surface area contributed by atoms with Crippen LogP contribution in [0.1, 0.15) is 0 Å². The van der Waals surface area contributed by atoms with Crippen molar-refractivity contribution in [2.75, 3.05) is 17.6 Å². The maximum absolute atomic E-state index is 11.3. The van der Waals surface area contributed by atoms with Crippen LogP contribution in [0.25, 0.3) is 10.9 Å². The molecule has 0 aliphatic rings. The Bertz CT molecular complexity index is 586. The lowest BCUT2D eigenvalue weighted by atomic mass is 10.2. The van der Waals surface area contributed by atoms with Gasteiger partial charge in [-0.25, -0.2) is 8.42 Å². The lowest BCUT2D eigenvalue weighted by molar-refractivity contribution is 0.600. The Hall–Kier alpha value is -1.49. The lowest BCUT2D eigenvalue weighted by Gasteiger charge is -2.16. The number of aromatic amines is 1. The van der Waals surface area contributed by atoms with Crippen LogP contribution in [0.15, 0.2) is 30.5 Å². The molecule has 0 saturated heterocycles. The SMILES string of the molecule is CN(c1ccc2[nH]ccc2c1)S(C)(=O)=O. The smallest absolute Gasteiger partial charge is 0.231 e. The van der Waals surface area contributed by atoms with E-state index in [1.165, 1.54) is 10.6 Å². The van der Waals surface area contributed by atoms with Gasteiger partial charge in [0.25, 0.3) is 0 Å². The van der Waals surface area contributed by atoms with Crippen LogP contribution in [0.5, 0.6) is 0 Å². The second-order valence-electron chi connectivity index (χ2n) is 3.48. The minimum Gasteiger partial charge on any atom is -0.361 e. The lowest BCUT2D eigenvalue weighted by Crippen LogP contribution is -2.24. The molecule has 0 aliphatic carbocycles. The van der Waals surface area contributed by atoms with Gasteiger partial charge in [-0.1, -0.05) is 0 Å². The third kappa shape index (κ3) is 1.83. The molecular weight excluding hydrogens is 212 g/mol. The van der Waals surface area contributed by atoms with Gasteiger partial charge in [0.15, 0.2) is 0 Å². The van der Waals surface area contributed by atoms with Crippen molar-refractivity contribution in [3.63, 3.8) is 0 Å². The van der Waals surface area contributed by atoms with Crippen LogP contribution in [-0.4, -0.2) is 26.7 Å². The van der Waals surface area contributed by atoms with Crippen LogP contribution in [-0.2, 0) is 10.0 Å². The average Bonchev–Trinajstić information content (AvgIpc) is 2.61. The van der Waals surface area contributed by atoms with Gasteiger partial charge in [0.1, 0.15) is 0 Å². The Labute approximate surface area is 88.6 Å². The highest BCUT2D eigenvalue weighted by Crippen LogP contribution is 2.21. The first-order chi connectivity index (χ1) is 6.98. The number of benzene rings is 1. The summed E-state index contributed by atoms with van der Waals surface area (Å²) in [4.78, 5) is 3.06. The number of nitrogens with zero attached hydrogens (tertiary/aromatic N) is 1. The summed E-state index contributed by atoms with van der Waals surface area (Å²) in [6.07, 6.45) is 3.02. The van der Waals surface area contributed by atoms with Gasteiger partial charge in [-0.2, -0.15) is 0 Å². The topological polar surface area (TPSA) is 53.2 Å². The predicted molar refractivity (Wildman–Crippen MR) is 61.5 cm³/mol. The molecule has 80 valence electrons. The Balaban J connectivity index is 2.53. The fourth-order valence-corrected chi connectivity index (χ4v) is 1.92. The van der Waals surface area contributed by atoms with Crippen molar-refractivity contribution in [1.29, 1.82) is 0 Å². The van der Waals surface area contributed by atoms with Crippen molar-refractivity contribution in [3.05, 3.63) is 30.5 Å². The summed E-state index contributed by atoms with van der Waals surface area (Å²) < 4.78 is 23.9. The van der Waals surface area contributed by atoms with Gasteiger partial charge in [-0.15, -0.1) is 0 Å². The third-order valence-corrected chi connectivity index (χ3v) is 3.60. The maximum atomic E-state index is 11.3. The van der Waals surface area contributed by atoms with Crippen molar-refractivity contribution in [1.82, 2.24) is 4.98 Å². The first-order valence-corrected chi connectivity index (χ1v) is 6.34. The molecule has 4 nitrogen and oxygen atoms in total. The summed E-state index contributed by atoms with van der Waals surface area (Å²) in [7, 11) is -1.64. The van der Waals surface area contributed by atoms with E-state index >= 15 is 0 Å². The number of H-pyrrole nitrogens is 1. The number of fused-ring (bicyclic) bond motifs is 1. The molecule has 0 aliphatic heterocycles. The number of rotatable bonds is 2. The second kappa shape index (κ2) is 3.27. The molecule has 0 bridgehead atoms. The quantitative estimate of drug-likeness (QED) is 0.841. The van der Waals surface area contributed by atoms with E-state index in [1.54, 1.807) is 13.1 Å². The molecule has 0 atom stereocenters. The van der Waals surface area contributed by atoms with Gasteiger partial charge in [-0.05, 0) is 24.3 Å². The number of aromatic nitrogens is 1. The zero-order chi connectivity index (χ0) is 11.1. The van der Waals surface area contributed by atoms with Gasteiger partial charge in [0, 0.05) is 24.1 Å². The van der Waals surface area contributed by atoms with Gasteiger partial charge >= 0.3 is 0 Å². The number of hydrogen-bond donors (Lipinski definition) is 1. The molecule has 0 saturated carbocycles. The summed E-state index contributed by atoms with van der Waals surface area (Å²) in [5.41, 5.74) is 1.67. The van der Waals surface area contributed by atoms with Gasteiger partial charge in [0.2, 0.25) is 10.0 Å². The van der Waals surface area contributed by atoms with Gasteiger partial charge < -0.3 is 4.98 Å². The molecule has 0 fully saturated rings. The molecule has 5 heteroatoms. The first-order valence-electron chi connectivity index (χ1n) is 4.49. The van der Waals surface area contributed by atoms with E-state index in [9.17, 15) is 8.42 Å². The fraction of sp³-hybridized carbons (Fsp3) is 0.200. The summed E-state index contributed by atoms with van der Waals surface area (Å²) in [5, 5.41) is 1.00. The minimum atomic E-state index is -3.18. The monoisotopic (exact) mass is 224 g/mol. The van der Waals surface area contributed by atoms with Crippen LogP contribution >= 0.6 is 0 Å². The summed E-state index contributed by atoms with van der Waals surface area (Å²) in [5.74, 6) is 0. The van der Waals surface area contributed by atoms with Crippen LogP contribution in [0.3, 0.4) is 0 Å². The highest BCUT2D eigenvalue weighted by molar-refractivity contribution is 7.92.